The van der Waals surface area contributed by atoms with Gasteiger partial charge in [0.15, 0.2) is 11.5 Å². The zero-order valence-electron chi connectivity index (χ0n) is 23.9. The molecule has 4 aromatic rings. The Bertz CT molecular complexity index is 1480. The summed E-state index contributed by atoms with van der Waals surface area (Å²) in [6.07, 6.45) is 6.59. The fraction of sp³-hybridized carbons (Fsp3) is 0.419. The van der Waals surface area contributed by atoms with Gasteiger partial charge in [0.2, 0.25) is 5.95 Å². The molecule has 6 rings (SSSR count). The molecule has 0 spiro atoms. The van der Waals surface area contributed by atoms with Gasteiger partial charge in [-0.15, -0.1) is 0 Å². The number of hydrogen-bond donors (Lipinski definition) is 1. The number of nitrogens with zero attached hydrogens (tertiary/aromatic N) is 7. The van der Waals surface area contributed by atoms with Gasteiger partial charge in [0.05, 0.1) is 19.2 Å². The van der Waals surface area contributed by atoms with Crippen LogP contribution < -0.4 is 25.0 Å². The van der Waals surface area contributed by atoms with Gasteiger partial charge in [-0.3, -0.25) is 0 Å². The highest BCUT2D eigenvalue weighted by molar-refractivity contribution is 5.92. The zero-order chi connectivity index (χ0) is 28.2. The van der Waals surface area contributed by atoms with Crippen LogP contribution in [0.3, 0.4) is 0 Å². The van der Waals surface area contributed by atoms with Crippen LogP contribution in [0.25, 0.3) is 10.9 Å². The molecule has 2 aliphatic rings. The third-order valence-electron chi connectivity index (χ3n) is 8.08. The van der Waals surface area contributed by atoms with E-state index < -0.39 is 0 Å². The highest BCUT2D eigenvalue weighted by Crippen LogP contribution is 2.36. The van der Waals surface area contributed by atoms with Crippen LogP contribution in [0.4, 0.5) is 17.6 Å². The van der Waals surface area contributed by atoms with Crippen molar-refractivity contribution in [2.75, 3.05) is 75.6 Å². The molecule has 0 radical (unpaired) electrons. The van der Waals surface area contributed by atoms with Crippen LogP contribution in [0.1, 0.15) is 24.0 Å². The van der Waals surface area contributed by atoms with Crippen molar-refractivity contribution >= 4 is 28.5 Å². The van der Waals surface area contributed by atoms with Gasteiger partial charge in [-0.25, -0.2) is 15.0 Å². The molecule has 214 valence electrons. The molecule has 1 atom stereocenters. The fourth-order valence-corrected chi connectivity index (χ4v) is 5.82. The average molecular weight is 555 g/mol. The molecular formula is C31H38N8O2. The van der Waals surface area contributed by atoms with Gasteiger partial charge in [0, 0.05) is 68.3 Å². The Morgan fingerprint density at radius 2 is 1.76 bits per heavy atom. The Morgan fingerprint density at radius 1 is 0.951 bits per heavy atom. The third kappa shape index (κ3) is 6.12. The van der Waals surface area contributed by atoms with E-state index in [9.17, 15) is 0 Å². The normalized spacial score (nSPS) is 18.0. The van der Waals surface area contributed by atoms with E-state index in [0.717, 1.165) is 73.7 Å². The molecule has 0 bridgehead atoms. The minimum atomic E-state index is 0.511. The lowest BCUT2D eigenvalue weighted by atomic mass is 9.99. The number of piperidine rings is 1. The Morgan fingerprint density at radius 3 is 2.51 bits per heavy atom. The number of piperazine rings is 1. The standard InChI is InChI=1S/C31H38N8O2/c1-37-10-6-9-23(19-37)20-41-28-16-25-26(17-27(28)40-2)34-21-35-30(25)38-11-13-39(14-12-38)31-33-18-24(29(32)36-31)15-22-7-4-3-5-8-22/h3-5,7-8,16-18,21,23H,6,9-15,19-20H2,1-2H3,(H2,32,33,36)/t23-/m1/s1. The number of aromatic nitrogens is 4. The second-order valence-corrected chi connectivity index (χ2v) is 11.0. The van der Waals surface area contributed by atoms with Gasteiger partial charge in [0.25, 0.3) is 0 Å². The molecule has 0 unspecified atom stereocenters. The fourth-order valence-electron chi connectivity index (χ4n) is 5.82. The smallest absolute Gasteiger partial charge is 0.227 e. The first kappa shape index (κ1) is 27.0. The summed E-state index contributed by atoms with van der Waals surface area (Å²) < 4.78 is 12.0. The average Bonchev–Trinajstić information content (AvgIpc) is 3.01. The number of fused-ring (bicyclic) bond motifs is 1. The van der Waals surface area contributed by atoms with E-state index in [1.165, 1.54) is 18.4 Å². The monoisotopic (exact) mass is 554 g/mol. The first-order valence-corrected chi connectivity index (χ1v) is 14.4. The van der Waals surface area contributed by atoms with Crippen LogP contribution in [-0.4, -0.2) is 84.9 Å². The number of nitrogen functional groups attached to an aromatic ring is 1. The summed E-state index contributed by atoms with van der Waals surface area (Å²) in [6.45, 7) is 5.95. The molecule has 2 N–H and O–H groups in total. The molecule has 2 aromatic heterocycles. The van der Waals surface area contributed by atoms with E-state index in [1.54, 1.807) is 13.4 Å². The summed E-state index contributed by atoms with van der Waals surface area (Å²) in [4.78, 5) is 25.4. The van der Waals surface area contributed by atoms with E-state index in [-0.39, 0.29) is 0 Å². The summed E-state index contributed by atoms with van der Waals surface area (Å²) >= 11 is 0. The molecule has 2 aromatic carbocycles. The summed E-state index contributed by atoms with van der Waals surface area (Å²) in [5, 5.41) is 0.961. The number of benzene rings is 2. The van der Waals surface area contributed by atoms with Crippen LogP contribution >= 0.6 is 0 Å². The Labute approximate surface area is 241 Å². The lowest BCUT2D eigenvalue weighted by Crippen LogP contribution is -2.47. The molecular weight excluding hydrogens is 516 g/mol. The van der Waals surface area contributed by atoms with E-state index in [0.29, 0.717) is 30.0 Å². The lowest BCUT2D eigenvalue weighted by molar-refractivity contribution is 0.148. The molecule has 2 aliphatic heterocycles. The van der Waals surface area contributed by atoms with Crippen LogP contribution in [0, 0.1) is 5.92 Å². The topological polar surface area (TPSA) is 106 Å². The second-order valence-electron chi connectivity index (χ2n) is 11.0. The lowest BCUT2D eigenvalue weighted by Gasteiger charge is -2.36. The van der Waals surface area contributed by atoms with Gasteiger partial charge in [-0.1, -0.05) is 30.3 Å². The molecule has 10 heteroatoms. The Kier molecular flexibility index (Phi) is 8.00. The maximum absolute atomic E-state index is 6.34. The summed E-state index contributed by atoms with van der Waals surface area (Å²) in [5.74, 6) is 4.05. The Balaban J connectivity index is 1.15. The predicted octanol–water partition coefficient (Wildman–Crippen LogP) is 3.65. The highest BCUT2D eigenvalue weighted by Gasteiger charge is 2.24. The molecule has 10 nitrogen and oxygen atoms in total. The van der Waals surface area contributed by atoms with Crippen molar-refractivity contribution in [1.29, 1.82) is 0 Å². The van der Waals surface area contributed by atoms with Crippen molar-refractivity contribution in [1.82, 2.24) is 24.8 Å². The molecule has 41 heavy (non-hydrogen) atoms. The quantitative estimate of drug-likeness (QED) is 0.347. The highest BCUT2D eigenvalue weighted by atomic mass is 16.5. The van der Waals surface area contributed by atoms with Crippen LogP contribution in [0.5, 0.6) is 11.5 Å². The molecule has 0 saturated carbocycles. The predicted molar refractivity (Wildman–Crippen MR) is 162 cm³/mol. The number of hydrogen-bond acceptors (Lipinski definition) is 10. The van der Waals surface area contributed by atoms with Gasteiger partial charge >= 0.3 is 0 Å². The van der Waals surface area contributed by atoms with Crippen LogP contribution in [-0.2, 0) is 6.42 Å². The van der Waals surface area contributed by atoms with E-state index >= 15 is 0 Å². The molecule has 0 aliphatic carbocycles. The molecule has 4 heterocycles. The van der Waals surface area contributed by atoms with E-state index in [2.05, 4.69) is 48.8 Å². The van der Waals surface area contributed by atoms with Crippen molar-refractivity contribution < 1.29 is 9.47 Å². The van der Waals surface area contributed by atoms with Crippen molar-refractivity contribution in [3.05, 3.63) is 66.1 Å². The van der Waals surface area contributed by atoms with Crippen molar-refractivity contribution in [2.45, 2.75) is 19.3 Å². The first-order chi connectivity index (χ1) is 20.1. The van der Waals surface area contributed by atoms with Gasteiger partial charge < -0.3 is 29.9 Å². The second kappa shape index (κ2) is 12.1. The number of anilines is 3. The number of likely N-dealkylation sites (tertiary alicyclic amines) is 1. The number of methoxy groups -OCH3 is 1. The molecule has 2 saturated heterocycles. The Hall–Kier alpha value is -4.18. The minimum Gasteiger partial charge on any atom is -0.493 e. The van der Waals surface area contributed by atoms with Crippen LogP contribution in [0.2, 0.25) is 0 Å². The van der Waals surface area contributed by atoms with E-state index in [4.69, 9.17) is 20.2 Å². The van der Waals surface area contributed by atoms with Gasteiger partial charge in [-0.05, 0) is 38.1 Å². The maximum atomic E-state index is 6.34. The number of nitrogens with two attached hydrogens (primary N) is 1. The third-order valence-corrected chi connectivity index (χ3v) is 8.08. The van der Waals surface area contributed by atoms with Crippen molar-refractivity contribution in [2.24, 2.45) is 5.92 Å². The van der Waals surface area contributed by atoms with Gasteiger partial charge in [-0.2, -0.15) is 4.98 Å². The van der Waals surface area contributed by atoms with E-state index in [1.807, 2.05) is 36.5 Å². The zero-order valence-corrected chi connectivity index (χ0v) is 23.9. The van der Waals surface area contributed by atoms with Crippen molar-refractivity contribution in [3.8, 4) is 11.5 Å². The van der Waals surface area contributed by atoms with Crippen LogP contribution in [0.15, 0.2) is 55.0 Å². The summed E-state index contributed by atoms with van der Waals surface area (Å²) in [6, 6.07) is 14.2. The van der Waals surface area contributed by atoms with Gasteiger partial charge in [0.1, 0.15) is 18.0 Å². The number of rotatable bonds is 8. The first-order valence-electron chi connectivity index (χ1n) is 14.4. The maximum Gasteiger partial charge on any atom is 0.227 e. The number of ether oxygens (including phenoxy) is 2. The molecule has 0 amide bonds. The summed E-state index contributed by atoms with van der Waals surface area (Å²) in [5.41, 5.74) is 9.31. The summed E-state index contributed by atoms with van der Waals surface area (Å²) in [7, 11) is 3.85. The SMILES string of the molecule is COc1cc2ncnc(N3CCN(c4ncc(Cc5ccccc5)c(N)n4)CC3)c2cc1OC[C@@H]1CCCN(C)C1. The van der Waals surface area contributed by atoms with Crippen molar-refractivity contribution in [3.63, 3.8) is 0 Å². The largest absolute Gasteiger partial charge is 0.493 e. The minimum absolute atomic E-state index is 0.511. The molecule has 2 fully saturated rings.